The second-order valence-corrected chi connectivity index (χ2v) is 13.1. The number of alkyl halides is 1. The molecule has 0 aromatic heterocycles. The zero-order valence-corrected chi connectivity index (χ0v) is 29.1. The molecule has 3 aromatic rings. The first kappa shape index (κ1) is 34.0. The Morgan fingerprint density at radius 3 is 2.12 bits per heavy atom. The Hall–Kier alpha value is -1.88. The largest absolute Gasteiger partial charge is 0.440 e. The van der Waals surface area contributed by atoms with Crippen molar-refractivity contribution in [3.8, 4) is 0 Å². The van der Waals surface area contributed by atoms with Gasteiger partial charge in [-0.3, -0.25) is 4.79 Å². The van der Waals surface area contributed by atoms with Crippen LogP contribution in [0.2, 0.25) is 0 Å². The highest BCUT2D eigenvalue weighted by atomic mass is 79.9. The minimum Gasteiger partial charge on any atom is -0.440 e. The highest BCUT2D eigenvalue weighted by Crippen LogP contribution is 2.57. The van der Waals surface area contributed by atoms with Crippen molar-refractivity contribution in [2.24, 2.45) is 0 Å². The van der Waals surface area contributed by atoms with Crippen LogP contribution in [-0.4, -0.2) is 50.7 Å². The van der Waals surface area contributed by atoms with E-state index in [1.54, 1.807) is 30.0 Å². The number of unbranched alkanes of at least 4 members (excludes halogenated alkanes) is 3. The number of carbonyl (C=O) groups excluding carboxylic acids is 2. The summed E-state index contributed by atoms with van der Waals surface area (Å²) >= 11 is 14.5. The summed E-state index contributed by atoms with van der Waals surface area (Å²) in [6, 6.07) is 17.0. The number of benzene rings is 3. The predicted molar refractivity (Wildman–Crippen MR) is 179 cm³/mol. The minimum atomic E-state index is -1.15. The molecule has 1 N–H and O–H groups in total. The van der Waals surface area contributed by atoms with Gasteiger partial charge in [-0.25, -0.2) is 4.79 Å². The lowest BCUT2D eigenvalue weighted by Gasteiger charge is -2.37. The van der Waals surface area contributed by atoms with Crippen molar-refractivity contribution in [2.45, 2.75) is 54.9 Å². The van der Waals surface area contributed by atoms with Gasteiger partial charge in [-0.05, 0) is 55.3 Å². The number of ether oxygens (including phenoxy) is 3. The van der Waals surface area contributed by atoms with Crippen LogP contribution in [-0.2, 0) is 19.8 Å². The van der Waals surface area contributed by atoms with Gasteiger partial charge in [0.05, 0.1) is 25.4 Å². The van der Waals surface area contributed by atoms with Crippen LogP contribution in [0.3, 0.4) is 0 Å². The monoisotopic (exact) mass is 751 g/mol. The summed E-state index contributed by atoms with van der Waals surface area (Å²) in [5.74, 6) is 0.0645. The fraction of sp³-hybridized carbons (Fsp3) is 0.394. The Kier molecular flexibility index (Phi) is 13.0. The van der Waals surface area contributed by atoms with Crippen molar-refractivity contribution in [3.05, 3.63) is 91.4 Å². The lowest BCUT2D eigenvalue weighted by molar-refractivity contribution is 0.0233. The molecule has 0 fully saturated rings. The zero-order valence-electron chi connectivity index (χ0n) is 24.4. The van der Waals surface area contributed by atoms with Crippen molar-refractivity contribution in [1.82, 2.24) is 5.32 Å². The molecule has 5 rings (SSSR count). The molecule has 0 aliphatic carbocycles. The first-order valence-corrected chi connectivity index (χ1v) is 17.5. The van der Waals surface area contributed by atoms with E-state index in [-0.39, 0.29) is 5.91 Å². The van der Waals surface area contributed by atoms with Gasteiger partial charge in [0.2, 0.25) is 0 Å². The van der Waals surface area contributed by atoms with Gasteiger partial charge < -0.3 is 19.5 Å². The Morgan fingerprint density at radius 1 is 0.837 bits per heavy atom. The topological polar surface area (TPSA) is 73.9 Å². The SMILES string of the molecule is CC.O=C(NCCOCCOCCCCCCCl)c1ccc2c(c1)C1(OC2=O)c2ccc(Br)cc2Sc2cc(Br)ccc21. The number of carbonyl (C=O) groups is 2. The molecule has 0 atom stereocenters. The van der Waals surface area contributed by atoms with E-state index in [1.807, 2.05) is 50.2 Å². The van der Waals surface area contributed by atoms with Crippen molar-refractivity contribution in [3.63, 3.8) is 0 Å². The third-order valence-electron chi connectivity index (χ3n) is 7.07. The Balaban J connectivity index is 0.00000207. The number of fused-ring (bicyclic) bond motifs is 6. The average Bonchev–Trinajstić information content (AvgIpc) is 3.30. The molecular formula is C33H36Br2ClNO5S. The van der Waals surface area contributed by atoms with Crippen molar-refractivity contribution in [1.29, 1.82) is 0 Å². The zero-order chi connectivity index (χ0) is 30.8. The molecule has 0 saturated heterocycles. The molecule has 0 bridgehead atoms. The van der Waals surface area contributed by atoms with Crippen LogP contribution in [0.1, 0.15) is 76.9 Å². The molecule has 43 heavy (non-hydrogen) atoms. The van der Waals surface area contributed by atoms with Crippen LogP contribution < -0.4 is 5.32 Å². The summed E-state index contributed by atoms with van der Waals surface area (Å²) in [5.41, 5.74) is 2.17. The molecule has 2 heterocycles. The molecule has 0 saturated carbocycles. The predicted octanol–water partition coefficient (Wildman–Crippen LogP) is 8.73. The molecule has 2 aliphatic rings. The average molecular weight is 754 g/mol. The molecule has 10 heteroatoms. The molecule has 1 amide bonds. The van der Waals surface area contributed by atoms with E-state index in [0.29, 0.717) is 48.9 Å². The number of nitrogens with one attached hydrogen (secondary N) is 1. The Labute approximate surface area is 279 Å². The lowest BCUT2D eigenvalue weighted by Crippen LogP contribution is -2.33. The molecule has 230 valence electrons. The fourth-order valence-corrected chi connectivity index (χ4v) is 7.59. The smallest absolute Gasteiger partial charge is 0.340 e. The number of hydrogen-bond acceptors (Lipinski definition) is 6. The number of hydrogen-bond donors (Lipinski definition) is 1. The standard InChI is InChI=1S/C31H30Br2ClNO5S.C2H6/c32-21-6-9-24-27(18-21)41-28-19-22(33)7-10-25(28)31(24)26-17-20(5-8-23(26)30(37)40-31)29(36)35-12-14-39-16-15-38-13-4-2-1-3-11-34;1-2/h5-10,17-19H,1-4,11-16H2,(H,35,36);1-2H3. The van der Waals surface area contributed by atoms with Crippen LogP contribution in [0.4, 0.5) is 0 Å². The van der Waals surface area contributed by atoms with Gasteiger partial charge >= 0.3 is 5.97 Å². The summed E-state index contributed by atoms with van der Waals surface area (Å²) in [7, 11) is 0. The van der Waals surface area contributed by atoms with Crippen LogP contribution >= 0.6 is 55.2 Å². The summed E-state index contributed by atoms with van der Waals surface area (Å²) in [6.07, 6.45) is 4.33. The van der Waals surface area contributed by atoms with Gasteiger partial charge in [0.25, 0.3) is 5.91 Å². The van der Waals surface area contributed by atoms with E-state index in [2.05, 4.69) is 37.2 Å². The van der Waals surface area contributed by atoms with E-state index in [0.717, 1.165) is 62.2 Å². The fourth-order valence-electron chi connectivity index (χ4n) is 5.12. The van der Waals surface area contributed by atoms with E-state index in [1.165, 1.54) is 0 Å². The molecule has 6 nitrogen and oxygen atoms in total. The first-order chi connectivity index (χ1) is 20.9. The van der Waals surface area contributed by atoms with Crippen LogP contribution in [0.5, 0.6) is 0 Å². The highest BCUT2D eigenvalue weighted by Gasteiger charge is 2.52. The van der Waals surface area contributed by atoms with Crippen molar-refractivity contribution >= 4 is 67.1 Å². The van der Waals surface area contributed by atoms with Gasteiger partial charge in [-0.1, -0.05) is 82.4 Å². The minimum absolute atomic E-state index is 0.240. The maximum absolute atomic E-state index is 13.2. The van der Waals surface area contributed by atoms with Gasteiger partial charge in [0, 0.05) is 60.0 Å². The van der Waals surface area contributed by atoms with Crippen LogP contribution in [0, 0.1) is 0 Å². The summed E-state index contributed by atoms with van der Waals surface area (Å²) < 4.78 is 19.3. The number of rotatable bonds is 13. The highest BCUT2D eigenvalue weighted by molar-refractivity contribution is 9.10. The second-order valence-electron chi connectivity index (χ2n) is 9.80. The Morgan fingerprint density at radius 2 is 1.47 bits per heavy atom. The molecule has 2 aliphatic heterocycles. The molecule has 3 aromatic carbocycles. The molecule has 0 radical (unpaired) electrons. The maximum Gasteiger partial charge on any atom is 0.340 e. The molecular weight excluding hydrogens is 718 g/mol. The summed E-state index contributed by atoms with van der Waals surface area (Å²) in [4.78, 5) is 28.3. The van der Waals surface area contributed by atoms with Crippen molar-refractivity contribution in [2.75, 3.05) is 38.9 Å². The third kappa shape index (κ3) is 7.86. The Bertz CT molecular complexity index is 1380. The second kappa shape index (κ2) is 16.4. The van der Waals surface area contributed by atoms with E-state index in [4.69, 9.17) is 25.8 Å². The van der Waals surface area contributed by atoms with Crippen molar-refractivity contribution < 1.29 is 23.8 Å². The van der Waals surface area contributed by atoms with Crippen LogP contribution in [0.15, 0.2) is 73.3 Å². The van der Waals surface area contributed by atoms with Gasteiger partial charge in [-0.15, -0.1) is 11.6 Å². The maximum atomic E-state index is 13.2. The quantitative estimate of drug-likeness (QED) is 0.107. The lowest BCUT2D eigenvalue weighted by atomic mass is 9.79. The van der Waals surface area contributed by atoms with Gasteiger partial charge in [0.15, 0.2) is 5.60 Å². The first-order valence-electron chi connectivity index (χ1n) is 14.6. The third-order valence-corrected chi connectivity index (χ3v) is 9.44. The summed E-state index contributed by atoms with van der Waals surface area (Å²) in [6.45, 7) is 6.46. The van der Waals surface area contributed by atoms with E-state index >= 15 is 0 Å². The molecule has 0 unspecified atom stereocenters. The summed E-state index contributed by atoms with van der Waals surface area (Å²) in [5, 5.41) is 2.92. The number of amides is 1. The van der Waals surface area contributed by atoms with E-state index in [9.17, 15) is 9.59 Å². The number of esters is 1. The van der Waals surface area contributed by atoms with Gasteiger partial charge in [-0.2, -0.15) is 0 Å². The molecule has 1 spiro atoms. The van der Waals surface area contributed by atoms with E-state index < -0.39 is 11.6 Å². The normalized spacial score (nSPS) is 13.8. The number of halogens is 3. The van der Waals surface area contributed by atoms with Gasteiger partial charge in [0.1, 0.15) is 0 Å². The van der Waals surface area contributed by atoms with Crippen LogP contribution in [0.25, 0.3) is 0 Å².